The van der Waals surface area contributed by atoms with Crippen LogP contribution in [0.1, 0.15) is 0 Å². The van der Waals surface area contributed by atoms with Crippen LogP contribution in [0.2, 0.25) is 0 Å². The van der Waals surface area contributed by atoms with E-state index in [0.717, 1.165) is 0 Å². The molecule has 0 rings (SSSR count). The third-order valence-electron chi connectivity index (χ3n) is 0.850. The number of aliphatic carboxylic acids is 1. The van der Waals surface area contributed by atoms with Gasteiger partial charge in [-0.1, -0.05) is 0 Å². The highest BCUT2D eigenvalue weighted by Gasteiger charge is 2.66. The molecule has 0 unspecified atom stereocenters. The van der Waals surface area contributed by atoms with Gasteiger partial charge in [-0.2, -0.15) is 17.6 Å². The molecule has 13 heavy (non-hydrogen) atoms. The van der Waals surface area contributed by atoms with Gasteiger partial charge in [0.15, 0.2) is 0 Å². The summed E-state index contributed by atoms with van der Waals surface area (Å²) in [6.07, 6.45) is -8.30. The lowest BCUT2D eigenvalue weighted by Gasteiger charge is -2.20. The van der Waals surface area contributed by atoms with Gasteiger partial charge >= 0.3 is 24.2 Å². The molecule has 0 heterocycles. The summed E-state index contributed by atoms with van der Waals surface area (Å²) < 4.78 is 50.2. The van der Waals surface area contributed by atoms with E-state index in [9.17, 15) is 27.2 Å². The molecule has 0 aliphatic heterocycles. The van der Waals surface area contributed by atoms with E-state index in [0.29, 0.717) is 0 Å². The van der Waals surface area contributed by atoms with Gasteiger partial charge in [0, 0.05) is 0 Å². The van der Waals surface area contributed by atoms with Crippen molar-refractivity contribution in [2.45, 2.75) is 12.0 Å². The largest absolute Gasteiger partial charge is 0.510 e. The van der Waals surface area contributed by atoms with E-state index in [1.807, 2.05) is 0 Å². The van der Waals surface area contributed by atoms with Crippen molar-refractivity contribution in [1.82, 2.24) is 0 Å². The van der Waals surface area contributed by atoms with E-state index in [-0.39, 0.29) is 0 Å². The van der Waals surface area contributed by atoms with Crippen molar-refractivity contribution >= 4 is 12.1 Å². The van der Waals surface area contributed by atoms with Gasteiger partial charge in [-0.05, 0) is 0 Å². The summed E-state index contributed by atoms with van der Waals surface area (Å²) in [5.41, 5.74) is 0. The average molecular weight is 206 g/mol. The number of carbonyl (C=O) groups is 2. The number of halogens is 4. The normalized spacial score (nSPS) is 12.3. The number of rotatable bonds is 3. The summed E-state index contributed by atoms with van der Waals surface area (Å²) in [6, 6.07) is 0. The summed E-state index contributed by atoms with van der Waals surface area (Å²) in [4.78, 5) is 19.0. The van der Waals surface area contributed by atoms with Gasteiger partial charge in [0.05, 0.1) is 0 Å². The van der Waals surface area contributed by atoms with Crippen molar-refractivity contribution in [3.05, 3.63) is 0 Å². The Morgan fingerprint density at radius 2 is 1.46 bits per heavy atom. The first-order valence-corrected chi connectivity index (χ1v) is 2.52. The van der Waals surface area contributed by atoms with Gasteiger partial charge in [-0.15, -0.1) is 0 Å². The fourth-order valence-corrected chi connectivity index (χ4v) is 0.298. The van der Waals surface area contributed by atoms with Crippen LogP contribution in [0.15, 0.2) is 0 Å². The molecule has 5 nitrogen and oxygen atoms in total. The van der Waals surface area contributed by atoms with Gasteiger partial charge in [-0.25, -0.2) is 9.59 Å². The lowest BCUT2D eigenvalue weighted by Crippen LogP contribution is -2.49. The van der Waals surface area contributed by atoms with Crippen LogP contribution in [-0.4, -0.2) is 34.4 Å². The zero-order valence-electron chi connectivity index (χ0n) is 5.63. The second kappa shape index (κ2) is 3.07. The lowest BCUT2D eigenvalue weighted by atomic mass is 10.3. The van der Waals surface area contributed by atoms with E-state index >= 15 is 0 Å². The minimum Gasteiger partial charge on any atom is -0.477 e. The zero-order valence-corrected chi connectivity index (χ0v) is 5.63. The molecule has 76 valence electrons. The van der Waals surface area contributed by atoms with Crippen LogP contribution in [0.3, 0.4) is 0 Å². The van der Waals surface area contributed by atoms with Gasteiger partial charge in [0.2, 0.25) is 0 Å². The standard InChI is InChI=1S/C4H2F4O5/c5-3(6,1(9)10)4(7,8)13-2(11)12/h(H,9,10)(H,11,12). The molecule has 0 atom stereocenters. The van der Waals surface area contributed by atoms with Crippen molar-refractivity contribution < 1.29 is 42.1 Å². The quantitative estimate of drug-likeness (QED) is 0.531. The van der Waals surface area contributed by atoms with Crippen LogP contribution in [0.4, 0.5) is 22.4 Å². The van der Waals surface area contributed by atoms with E-state index in [1.54, 1.807) is 0 Å². The lowest BCUT2D eigenvalue weighted by molar-refractivity contribution is -0.317. The number of hydrogen-bond acceptors (Lipinski definition) is 3. The highest BCUT2D eigenvalue weighted by molar-refractivity contribution is 5.76. The van der Waals surface area contributed by atoms with E-state index in [4.69, 9.17) is 10.2 Å². The van der Waals surface area contributed by atoms with E-state index < -0.39 is 24.2 Å². The minimum atomic E-state index is -5.59. The summed E-state index contributed by atoms with van der Waals surface area (Å²) in [7, 11) is 0. The van der Waals surface area contributed by atoms with Crippen molar-refractivity contribution in [1.29, 1.82) is 0 Å². The second-order valence-electron chi connectivity index (χ2n) is 1.76. The zero-order chi connectivity index (χ0) is 10.9. The maximum absolute atomic E-state index is 12.0. The highest BCUT2D eigenvalue weighted by atomic mass is 19.3. The van der Waals surface area contributed by atoms with Gasteiger partial charge in [0.25, 0.3) is 0 Å². The maximum Gasteiger partial charge on any atom is 0.510 e. The fraction of sp³-hybridized carbons (Fsp3) is 0.500. The Morgan fingerprint density at radius 1 is 1.08 bits per heavy atom. The number of carboxylic acid groups (broad SMARTS) is 2. The van der Waals surface area contributed by atoms with Gasteiger partial charge in [-0.3, -0.25) is 0 Å². The van der Waals surface area contributed by atoms with Gasteiger partial charge in [0.1, 0.15) is 0 Å². The van der Waals surface area contributed by atoms with Crippen LogP contribution in [0.25, 0.3) is 0 Å². The Balaban J connectivity index is 4.80. The molecule has 0 radical (unpaired) electrons. The van der Waals surface area contributed by atoms with Crippen LogP contribution in [0, 0.1) is 0 Å². The van der Waals surface area contributed by atoms with Gasteiger partial charge < -0.3 is 14.9 Å². The second-order valence-corrected chi connectivity index (χ2v) is 1.76. The smallest absolute Gasteiger partial charge is 0.477 e. The first kappa shape index (κ1) is 11.5. The summed E-state index contributed by atoms with van der Waals surface area (Å²) >= 11 is 0. The Bertz CT molecular complexity index is 237. The molecule has 0 fully saturated rings. The molecule has 0 spiro atoms. The average Bonchev–Trinajstić information content (AvgIpc) is 1.83. The number of hydrogen-bond donors (Lipinski definition) is 2. The van der Waals surface area contributed by atoms with E-state index in [1.165, 1.54) is 0 Å². The first-order valence-electron chi connectivity index (χ1n) is 2.52. The Labute approximate surface area is 67.5 Å². The number of alkyl halides is 4. The third-order valence-corrected chi connectivity index (χ3v) is 0.850. The highest BCUT2D eigenvalue weighted by Crippen LogP contribution is 2.35. The molecule has 0 saturated heterocycles. The van der Waals surface area contributed by atoms with Crippen molar-refractivity contribution in [3.8, 4) is 0 Å². The predicted molar refractivity (Wildman–Crippen MR) is 26.6 cm³/mol. The predicted octanol–water partition coefficient (Wildman–Crippen LogP) is 0.994. The minimum absolute atomic E-state index is 2.42. The third kappa shape index (κ3) is 2.20. The van der Waals surface area contributed by atoms with Crippen molar-refractivity contribution in [2.24, 2.45) is 0 Å². The molecule has 0 aromatic carbocycles. The van der Waals surface area contributed by atoms with Crippen LogP contribution < -0.4 is 0 Å². The maximum atomic E-state index is 12.0. The summed E-state index contributed by atoms with van der Waals surface area (Å²) in [5, 5.41) is 15.2. The SMILES string of the molecule is O=C(O)OC(F)(F)C(F)(F)C(=O)O. The molecule has 0 aliphatic rings. The Hall–Kier alpha value is -1.54. The number of carboxylic acids is 1. The monoisotopic (exact) mass is 206 g/mol. The Morgan fingerprint density at radius 3 is 1.69 bits per heavy atom. The molecular weight excluding hydrogens is 204 g/mol. The summed E-state index contributed by atoms with van der Waals surface area (Å²) in [5.74, 6) is -8.77. The fourth-order valence-electron chi connectivity index (χ4n) is 0.298. The van der Waals surface area contributed by atoms with Crippen molar-refractivity contribution in [2.75, 3.05) is 0 Å². The molecule has 0 aromatic heterocycles. The molecule has 0 saturated carbocycles. The van der Waals surface area contributed by atoms with E-state index in [2.05, 4.69) is 4.74 Å². The molecule has 0 bridgehead atoms. The molecule has 0 aliphatic carbocycles. The molecule has 0 aromatic rings. The molecule has 2 N–H and O–H groups in total. The topological polar surface area (TPSA) is 83.8 Å². The molecule has 9 heteroatoms. The van der Waals surface area contributed by atoms with Crippen molar-refractivity contribution in [3.63, 3.8) is 0 Å². The first-order chi connectivity index (χ1) is 5.61. The number of ether oxygens (including phenoxy) is 1. The summed E-state index contributed by atoms with van der Waals surface area (Å²) in [6.45, 7) is 0. The van der Waals surface area contributed by atoms with Crippen LogP contribution in [0.5, 0.6) is 0 Å². The van der Waals surface area contributed by atoms with Crippen LogP contribution in [-0.2, 0) is 9.53 Å². The molecule has 0 amide bonds. The molecular formula is C4H2F4O5. The van der Waals surface area contributed by atoms with Crippen LogP contribution >= 0.6 is 0 Å². The Kier molecular flexibility index (Phi) is 2.71.